The summed E-state index contributed by atoms with van der Waals surface area (Å²) in [6.45, 7) is 22.9. The first-order chi connectivity index (χ1) is 36.5. The van der Waals surface area contributed by atoms with Crippen LogP contribution in [-0.2, 0) is 98.6 Å². The number of hydroxylamine groups is 1. The van der Waals surface area contributed by atoms with Gasteiger partial charge in [0.2, 0.25) is 23.6 Å². The van der Waals surface area contributed by atoms with Gasteiger partial charge in [-0.1, -0.05) is 26.0 Å². The Hall–Kier alpha value is -4.24. The largest absolute Gasteiger partial charge is 0.473 e. The van der Waals surface area contributed by atoms with E-state index in [-0.39, 0.29) is 50.6 Å². The molecule has 0 aliphatic carbocycles. The van der Waals surface area contributed by atoms with Gasteiger partial charge in [-0.25, -0.2) is 4.68 Å². The minimum absolute atomic E-state index is 0.125. The Balaban J connectivity index is 1.76. The number of amides is 4. The van der Waals surface area contributed by atoms with Crippen molar-refractivity contribution in [1.29, 1.82) is 0 Å². The number of ether oxygens (including phenoxy) is 14. The zero-order valence-corrected chi connectivity index (χ0v) is 44.7. The third-order valence-corrected chi connectivity index (χ3v) is 9.25. The summed E-state index contributed by atoms with van der Waals surface area (Å²) in [5.74, 6) is -1.99. The highest BCUT2D eigenvalue weighted by atomic mass is 16.6. The van der Waals surface area contributed by atoms with Gasteiger partial charge in [0.15, 0.2) is 5.88 Å². The molecule has 7 N–H and O–H groups in total. The molecule has 1 rings (SSSR count). The standard InChI is InChI=1S/C47H89N9O19/c1-41(48-6-7-49-43(57)35-50-44(58)36-51-45(59)37-52-46(60)38-53-61)75-40-42-39-56(55-54-42)8-10-63-12-14-65-16-18-67-20-22-69-24-26-71-28-30-73-32-34-74-33-31-72-29-27-70-25-23-68-21-19-66-17-15-64-13-11-62-9-5-47(2,3)4/h39,48,53,61H,1,5-38,40H2,2-4H3,(H,49,57)(H,50,58)(H,51,59)(H,52,60). The van der Waals surface area contributed by atoms with Gasteiger partial charge in [0, 0.05) is 19.7 Å². The summed E-state index contributed by atoms with van der Waals surface area (Å²) in [7, 11) is 0. The van der Waals surface area contributed by atoms with Crippen molar-refractivity contribution in [3.05, 3.63) is 24.4 Å². The summed E-state index contributed by atoms with van der Waals surface area (Å²) in [5, 5.41) is 28.9. The van der Waals surface area contributed by atoms with Crippen LogP contribution in [0.15, 0.2) is 18.7 Å². The first-order valence-corrected chi connectivity index (χ1v) is 25.4. The third-order valence-electron chi connectivity index (χ3n) is 9.25. The molecule has 1 heterocycles. The Morgan fingerprint density at radius 3 is 1.12 bits per heavy atom. The van der Waals surface area contributed by atoms with E-state index in [0.29, 0.717) is 184 Å². The van der Waals surface area contributed by atoms with Crippen LogP contribution in [-0.4, -0.2) is 255 Å². The molecule has 0 aromatic carbocycles. The van der Waals surface area contributed by atoms with Crippen LogP contribution in [0.4, 0.5) is 0 Å². The van der Waals surface area contributed by atoms with Crippen molar-refractivity contribution in [2.24, 2.45) is 5.41 Å². The SMILES string of the molecule is C=C(NCCNC(=O)CNC(=O)CNC(=O)CNC(=O)CNO)OCc1cn(CCOCCOCCOCCOCCOCCOCCOCCOCCOCCOCCOCCOCCOCCC(C)(C)C)nn1. The number of nitrogens with zero attached hydrogens (tertiary/aromatic N) is 3. The molecular formula is C47H89N9O19. The molecule has 0 spiro atoms. The molecule has 4 amide bonds. The number of carbonyl (C=O) groups excluding carboxylic acids is 4. The van der Waals surface area contributed by atoms with Crippen LogP contribution in [0, 0.1) is 5.41 Å². The van der Waals surface area contributed by atoms with Gasteiger partial charge in [-0.3, -0.25) is 19.2 Å². The summed E-state index contributed by atoms with van der Waals surface area (Å²) < 4.78 is 79.0. The van der Waals surface area contributed by atoms with Gasteiger partial charge in [0.1, 0.15) is 12.3 Å². The predicted octanol–water partition coefficient (Wildman–Crippen LogP) is -2.05. The summed E-state index contributed by atoms with van der Waals surface area (Å²) >= 11 is 0. The molecule has 0 bridgehead atoms. The van der Waals surface area contributed by atoms with Gasteiger partial charge < -0.3 is 98.1 Å². The lowest BCUT2D eigenvalue weighted by Crippen LogP contribution is -2.45. The number of hydrogen-bond donors (Lipinski definition) is 7. The maximum absolute atomic E-state index is 12.0. The summed E-state index contributed by atoms with van der Waals surface area (Å²) in [6, 6.07) is 0. The Morgan fingerprint density at radius 1 is 0.467 bits per heavy atom. The first kappa shape index (κ1) is 68.8. The van der Waals surface area contributed by atoms with E-state index in [1.54, 1.807) is 16.4 Å². The van der Waals surface area contributed by atoms with Gasteiger partial charge in [-0.2, -0.15) is 5.48 Å². The molecule has 0 radical (unpaired) electrons. The van der Waals surface area contributed by atoms with Crippen molar-refractivity contribution < 1.29 is 90.7 Å². The van der Waals surface area contributed by atoms with Crippen molar-refractivity contribution in [3.63, 3.8) is 0 Å². The van der Waals surface area contributed by atoms with Crippen LogP contribution in [0.25, 0.3) is 0 Å². The van der Waals surface area contributed by atoms with Gasteiger partial charge in [0.25, 0.3) is 0 Å². The normalized spacial score (nSPS) is 11.4. The van der Waals surface area contributed by atoms with Crippen LogP contribution in [0.2, 0.25) is 0 Å². The Morgan fingerprint density at radius 2 is 0.773 bits per heavy atom. The molecule has 1 aromatic heterocycles. The quantitative estimate of drug-likeness (QED) is 0.0210. The molecule has 0 fully saturated rings. The second kappa shape index (κ2) is 50.6. The minimum atomic E-state index is -0.615. The molecule has 75 heavy (non-hydrogen) atoms. The van der Waals surface area contributed by atoms with E-state index in [1.165, 1.54) is 0 Å². The summed E-state index contributed by atoms with van der Waals surface area (Å²) in [6.07, 6.45) is 2.76. The number of nitrogens with one attached hydrogen (secondary N) is 6. The second-order valence-corrected chi connectivity index (χ2v) is 16.9. The van der Waals surface area contributed by atoms with Crippen molar-refractivity contribution in [2.45, 2.75) is 40.3 Å². The molecule has 436 valence electrons. The minimum Gasteiger partial charge on any atom is -0.473 e. The Kier molecular flexibility index (Phi) is 46.4. The van der Waals surface area contributed by atoms with Crippen molar-refractivity contribution in [3.8, 4) is 0 Å². The van der Waals surface area contributed by atoms with Gasteiger partial charge in [-0.05, 0) is 18.4 Å². The fourth-order valence-electron chi connectivity index (χ4n) is 5.27. The molecule has 0 aliphatic rings. The van der Waals surface area contributed by atoms with E-state index in [2.05, 4.69) is 64.2 Å². The maximum atomic E-state index is 12.0. The molecule has 0 atom stereocenters. The lowest BCUT2D eigenvalue weighted by molar-refractivity contribution is -0.128. The number of hydrogen-bond acceptors (Lipinski definition) is 23. The van der Waals surface area contributed by atoms with E-state index in [4.69, 9.17) is 71.5 Å². The van der Waals surface area contributed by atoms with E-state index in [1.807, 2.05) is 0 Å². The monoisotopic (exact) mass is 1080 g/mol. The molecule has 1 aromatic rings. The van der Waals surface area contributed by atoms with Crippen LogP contribution in [0.5, 0.6) is 0 Å². The number of aromatic nitrogens is 3. The van der Waals surface area contributed by atoms with Crippen LogP contribution in [0.3, 0.4) is 0 Å². The van der Waals surface area contributed by atoms with Gasteiger partial charge >= 0.3 is 0 Å². The highest BCUT2D eigenvalue weighted by Crippen LogP contribution is 2.17. The predicted molar refractivity (Wildman–Crippen MR) is 269 cm³/mol. The molecule has 0 unspecified atom stereocenters. The average Bonchev–Trinajstić information content (AvgIpc) is 3.85. The molecule has 28 heteroatoms. The maximum Gasteiger partial charge on any atom is 0.239 e. The lowest BCUT2D eigenvalue weighted by Gasteiger charge is -2.17. The number of carbonyl (C=O) groups is 4. The van der Waals surface area contributed by atoms with Crippen molar-refractivity contribution in [2.75, 3.05) is 211 Å². The Bertz CT molecular complexity index is 1550. The summed E-state index contributed by atoms with van der Waals surface area (Å²) in [5.41, 5.74) is 2.52. The van der Waals surface area contributed by atoms with E-state index in [9.17, 15) is 19.2 Å². The van der Waals surface area contributed by atoms with Gasteiger partial charge in [0.05, 0.1) is 204 Å². The smallest absolute Gasteiger partial charge is 0.239 e. The van der Waals surface area contributed by atoms with E-state index in [0.717, 1.165) is 13.0 Å². The molecule has 0 saturated carbocycles. The van der Waals surface area contributed by atoms with E-state index < -0.39 is 23.6 Å². The van der Waals surface area contributed by atoms with Gasteiger partial charge in [-0.15, -0.1) is 5.10 Å². The van der Waals surface area contributed by atoms with Crippen molar-refractivity contribution in [1.82, 2.24) is 47.1 Å². The second-order valence-electron chi connectivity index (χ2n) is 16.9. The molecular weight excluding hydrogens is 995 g/mol. The van der Waals surface area contributed by atoms with Crippen molar-refractivity contribution >= 4 is 23.6 Å². The first-order valence-electron chi connectivity index (χ1n) is 25.4. The van der Waals surface area contributed by atoms with Crippen LogP contribution in [0.1, 0.15) is 32.9 Å². The third kappa shape index (κ3) is 50.3. The fraction of sp³-hybridized carbons (Fsp3) is 0.830. The van der Waals surface area contributed by atoms with E-state index >= 15 is 0 Å². The average molecular weight is 1080 g/mol. The molecule has 0 aliphatic heterocycles. The zero-order valence-electron chi connectivity index (χ0n) is 44.7. The zero-order chi connectivity index (χ0) is 54.6. The summed E-state index contributed by atoms with van der Waals surface area (Å²) in [4.78, 5) is 46.6. The molecule has 28 nitrogen and oxygen atoms in total. The fourth-order valence-corrected chi connectivity index (χ4v) is 5.27. The highest BCUT2D eigenvalue weighted by molar-refractivity contribution is 5.90. The van der Waals surface area contributed by atoms with Crippen LogP contribution >= 0.6 is 0 Å². The Labute approximate surface area is 441 Å². The number of rotatable bonds is 56. The lowest BCUT2D eigenvalue weighted by atomic mass is 9.93. The highest BCUT2D eigenvalue weighted by Gasteiger charge is 2.11. The van der Waals surface area contributed by atoms with Crippen LogP contribution < -0.4 is 32.1 Å². The topological polar surface area (TPSA) is 321 Å². The molecule has 0 saturated heterocycles.